The van der Waals surface area contributed by atoms with Crippen LogP contribution in [-0.2, 0) is 29.5 Å². The quantitative estimate of drug-likeness (QED) is 0.598. The Balaban J connectivity index is 0.000000485. The number of carbonyl (C=O) groups is 3. The Morgan fingerprint density at radius 3 is 2.47 bits per heavy atom. The molecule has 1 fully saturated rings. The Labute approximate surface area is 171 Å². The number of nitrogens with two attached hydrogens (primary N) is 1. The van der Waals surface area contributed by atoms with Gasteiger partial charge in [-0.15, -0.1) is 0 Å². The average molecular weight is 421 g/mol. The van der Waals surface area contributed by atoms with Gasteiger partial charge < -0.3 is 25.4 Å². The van der Waals surface area contributed by atoms with E-state index in [1.807, 2.05) is 0 Å². The van der Waals surface area contributed by atoms with Crippen LogP contribution in [0, 0.1) is 11.3 Å². The number of carbonyl (C=O) groups excluding carboxylic acids is 1. The zero-order valence-electron chi connectivity index (χ0n) is 16.7. The van der Waals surface area contributed by atoms with Crippen LogP contribution in [0.5, 0.6) is 0 Å². The molecule has 0 bridgehead atoms. The van der Waals surface area contributed by atoms with Gasteiger partial charge in [-0.3, -0.25) is 14.4 Å². The number of anilines is 1. The molecule has 0 aromatic carbocycles. The molecule has 0 amide bonds. The summed E-state index contributed by atoms with van der Waals surface area (Å²) in [5.74, 6) is -1.70. The highest BCUT2D eigenvalue weighted by Crippen LogP contribution is 2.39. The van der Waals surface area contributed by atoms with Crippen LogP contribution in [0.15, 0.2) is 18.5 Å². The molecule has 3 rings (SSSR count). The summed E-state index contributed by atoms with van der Waals surface area (Å²) in [6, 6.07) is 5.74. The zero-order chi connectivity index (χ0) is 22.9. The van der Waals surface area contributed by atoms with E-state index in [4.69, 9.17) is 35.0 Å². The first-order valence-corrected chi connectivity index (χ1v) is 8.72. The van der Waals surface area contributed by atoms with Crippen molar-refractivity contribution in [3.8, 4) is 6.07 Å². The van der Waals surface area contributed by atoms with Crippen molar-refractivity contribution in [2.75, 3.05) is 12.3 Å². The van der Waals surface area contributed by atoms with Gasteiger partial charge in [-0.1, -0.05) is 0 Å². The molecule has 4 N–H and O–H groups in total. The maximum atomic E-state index is 10.9. The van der Waals surface area contributed by atoms with Gasteiger partial charge in [-0.25, -0.2) is 9.50 Å². The van der Waals surface area contributed by atoms with Gasteiger partial charge in [-0.05, 0) is 25.0 Å². The molecule has 0 spiro atoms. The fourth-order valence-corrected chi connectivity index (χ4v) is 2.68. The summed E-state index contributed by atoms with van der Waals surface area (Å²) in [4.78, 5) is 32.8. The monoisotopic (exact) mass is 421 g/mol. The molecule has 1 aliphatic heterocycles. The minimum atomic E-state index is -1.13. The fraction of sp³-hybridized carbons (Fsp3) is 0.444. The van der Waals surface area contributed by atoms with Crippen LogP contribution >= 0.6 is 0 Å². The van der Waals surface area contributed by atoms with Crippen molar-refractivity contribution in [3.05, 3.63) is 24.2 Å². The van der Waals surface area contributed by atoms with Crippen LogP contribution in [0.2, 0.25) is 0 Å². The smallest absolute Gasteiger partial charge is 0.302 e. The van der Waals surface area contributed by atoms with Crippen LogP contribution in [0.3, 0.4) is 0 Å². The third-order valence-corrected chi connectivity index (χ3v) is 3.73. The molecule has 2 unspecified atom stereocenters. The van der Waals surface area contributed by atoms with E-state index in [0.29, 0.717) is 29.9 Å². The maximum Gasteiger partial charge on any atom is 0.302 e. The summed E-state index contributed by atoms with van der Waals surface area (Å²) < 4.78 is 12.4. The lowest BCUT2D eigenvalue weighted by molar-refractivity contribution is -0.146. The van der Waals surface area contributed by atoms with E-state index in [9.17, 15) is 10.1 Å². The number of nitriles is 1. The number of hydrogen-bond acceptors (Lipinski definition) is 9. The Bertz CT molecular complexity index is 932. The van der Waals surface area contributed by atoms with Crippen molar-refractivity contribution in [3.63, 3.8) is 0 Å². The minimum Gasteiger partial charge on any atom is -0.481 e. The maximum absolute atomic E-state index is 10.9. The summed E-state index contributed by atoms with van der Waals surface area (Å²) >= 11 is 0. The molecule has 162 valence electrons. The number of aromatic nitrogens is 3. The Morgan fingerprint density at radius 1 is 1.33 bits per heavy atom. The number of rotatable bonds is 3. The average Bonchev–Trinajstić information content (AvgIpc) is 3.24. The molecule has 2 aromatic rings. The minimum absolute atomic E-state index is 0.138. The third-order valence-electron chi connectivity index (χ3n) is 3.73. The molecular weight excluding hydrogens is 398 g/mol. The number of esters is 1. The number of carboxylic acid groups (broad SMARTS) is 2. The standard InChI is InChI=1S/C14H15N5O3.2C2H4O2/c1-9(20)21-6-10-4-5-14(7-15,22-10)12-3-2-11-13(16)17-8-18-19(11)12;2*1-2(3)4/h2-3,8,10H,4-6H2,1H3,(H2,16,17,18);2*1H3,(H,3,4). The Hall–Kier alpha value is -3.72. The lowest BCUT2D eigenvalue weighted by atomic mass is 9.98. The van der Waals surface area contributed by atoms with E-state index in [0.717, 1.165) is 13.8 Å². The first-order valence-electron chi connectivity index (χ1n) is 8.72. The topological polar surface area (TPSA) is 190 Å². The first kappa shape index (κ1) is 24.3. The van der Waals surface area contributed by atoms with Gasteiger partial charge in [0.1, 0.15) is 24.5 Å². The van der Waals surface area contributed by atoms with Crippen molar-refractivity contribution in [2.45, 2.75) is 45.3 Å². The largest absolute Gasteiger partial charge is 0.481 e. The second kappa shape index (κ2) is 10.7. The van der Waals surface area contributed by atoms with E-state index >= 15 is 0 Å². The molecule has 0 radical (unpaired) electrons. The SMILES string of the molecule is CC(=O)O.CC(=O)O.CC(=O)OCC1CCC(C#N)(c2ccc3c(N)ncnn23)O1. The molecule has 0 aliphatic carbocycles. The molecule has 1 aliphatic rings. The van der Waals surface area contributed by atoms with Crippen molar-refractivity contribution < 1.29 is 34.1 Å². The molecule has 2 aromatic heterocycles. The summed E-state index contributed by atoms with van der Waals surface area (Å²) in [6.07, 6.45) is 2.13. The summed E-state index contributed by atoms with van der Waals surface area (Å²) in [5.41, 5.74) is 5.91. The Morgan fingerprint density at radius 2 is 1.93 bits per heavy atom. The van der Waals surface area contributed by atoms with Gasteiger partial charge in [0.05, 0.1) is 11.8 Å². The summed E-state index contributed by atoms with van der Waals surface area (Å²) in [7, 11) is 0. The van der Waals surface area contributed by atoms with Crippen LogP contribution in [0.1, 0.15) is 39.3 Å². The van der Waals surface area contributed by atoms with Gasteiger partial charge in [0, 0.05) is 20.8 Å². The van der Waals surface area contributed by atoms with Gasteiger partial charge in [0.25, 0.3) is 11.9 Å². The van der Waals surface area contributed by atoms with Crippen LogP contribution < -0.4 is 5.73 Å². The number of carboxylic acids is 2. The number of hydrogen-bond donors (Lipinski definition) is 3. The highest BCUT2D eigenvalue weighted by molar-refractivity contribution is 5.66. The first-order chi connectivity index (χ1) is 14.0. The van der Waals surface area contributed by atoms with Crippen LogP contribution in [-0.4, -0.2) is 55.4 Å². The van der Waals surface area contributed by atoms with Crippen molar-refractivity contribution in [1.82, 2.24) is 14.6 Å². The summed E-state index contributed by atoms with van der Waals surface area (Å²) in [5, 5.41) is 28.6. The van der Waals surface area contributed by atoms with Gasteiger partial charge in [0.15, 0.2) is 11.4 Å². The van der Waals surface area contributed by atoms with Crippen molar-refractivity contribution in [2.24, 2.45) is 0 Å². The number of fused-ring (bicyclic) bond motifs is 1. The lowest BCUT2D eigenvalue weighted by Gasteiger charge is -2.21. The van der Waals surface area contributed by atoms with E-state index in [2.05, 4.69) is 16.2 Å². The number of aliphatic carboxylic acids is 2. The summed E-state index contributed by atoms with van der Waals surface area (Å²) in [6.45, 7) is 3.64. The highest BCUT2D eigenvalue weighted by Gasteiger charge is 2.44. The molecular formula is C18H23N5O7. The third kappa shape index (κ3) is 6.71. The number of nitrogens with zero attached hydrogens (tertiary/aromatic N) is 4. The molecule has 12 heteroatoms. The number of nitrogen functional groups attached to an aromatic ring is 1. The van der Waals surface area contributed by atoms with E-state index < -0.39 is 17.5 Å². The molecule has 12 nitrogen and oxygen atoms in total. The van der Waals surface area contributed by atoms with Gasteiger partial charge in [0.2, 0.25) is 0 Å². The second-order valence-electron chi connectivity index (χ2n) is 6.22. The van der Waals surface area contributed by atoms with Crippen molar-refractivity contribution in [1.29, 1.82) is 5.26 Å². The molecule has 0 saturated carbocycles. The van der Waals surface area contributed by atoms with Crippen LogP contribution in [0.4, 0.5) is 5.82 Å². The molecule has 3 heterocycles. The van der Waals surface area contributed by atoms with Crippen molar-refractivity contribution >= 4 is 29.2 Å². The van der Waals surface area contributed by atoms with Crippen LogP contribution in [0.25, 0.3) is 5.52 Å². The van der Waals surface area contributed by atoms with Gasteiger partial charge >= 0.3 is 5.97 Å². The molecule has 30 heavy (non-hydrogen) atoms. The predicted molar refractivity (Wildman–Crippen MR) is 102 cm³/mol. The molecule has 1 saturated heterocycles. The predicted octanol–water partition coefficient (Wildman–Crippen LogP) is 0.954. The lowest BCUT2D eigenvalue weighted by Crippen LogP contribution is -2.28. The van der Waals surface area contributed by atoms with Gasteiger partial charge in [-0.2, -0.15) is 10.4 Å². The normalized spacial score (nSPS) is 19.5. The van der Waals surface area contributed by atoms with E-state index in [-0.39, 0.29) is 18.7 Å². The highest BCUT2D eigenvalue weighted by atomic mass is 16.6. The zero-order valence-corrected chi connectivity index (χ0v) is 16.7. The fourth-order valence-electron chi connectivity index (χ4n) is 2.68. The van der Waals surface area contributed by atoms with E-state index in [1.165, 1.54) is 13.3 Å². The molecule has 2 atom stereocenters. The Kier molecular flexibility index (Phi) is 8.69. The number of ether oxygens (including phenoxy) is 2. The second-order valence-corrected chi connectivity index (χ2v) is 6.22. The van der Waals surface area contributed by atoms with E-state index in [1.54, 1.807) is 16.6 Å².